The average Bonchev–Trinajstić information content (AvgIpc) is 2.75. The van der Waals surface area contributed by atoms with Gasteiger partial charge in [-0.3, -0.25) is 4.72 Å². The number of nitrogens with zero attached hydrogens (tertiary/aromatic N) is 1. The Labute approximate surface area is 127 Å². The SMILES string of the molecule is Cc1csc(C(=O)O)c1S(=O)(=O)Nc1ncccc1Br. The standard InChI is InChI=1S/C11H9BrN2O4S2/c1-6-5-19-8(11(15)16)9(6)20(17,18)14-10-7(12)3-2-4-13-10/h2-5H,1H3,(H,13,14)(H,15,16). The number of nitrogens with one attached hydrogen (secondary N) is 1. The lowest BCUT2D eigenvalue weighted by atomic mass is 10.3. The second-order valence-electron chi connectivity index (χ2n) is 3.82. The van der Waals surface area contributed by atoms with Crippen molar-refractivity contribution in [2.24, 2.45) is 0 Å². The number of anilines is 1. The number of rotatable bonds is 4. The maximum absolute atomic E-state index is 12.3. The van der Waals surface area contributed by atoms with Crippen molar-refractivity contribution in [1.29, 1.82) is 0 Å². The van der Waals surface area contributed by atoms with Gasteiger partial charge < -0.3 is 5.11 Å². The molecule has 0 unspecified atom stereocenters. The second kappa shape index (κ2) is 5.51. The van der Waals surface area contributed by atoms with E-state index in [1.54, 1.807) is 19.1 Å². The van der Waals surface area contributed by atoms with E-state index in [2.05, 4.69) is 25.6 Å². The van der Waals surface area contributed by atoms with Crippen LogP contribution in [-0.4, -0.2) is 24.5 Å². The van der Waals surface area contributed by atoms with Crippen molar-refractivity contribution < 1.29 is 18.3 Å². The summed E-state index contributed by atoms with van der Waals surface area (Å²) in [6.07, 6.45) is 1.43. The number of aryl methyl sites for hydroxylation is 1. The van der Waals surface area contributed by atoms with E-state index in [1.807, 2.05) is 0 Å². The fourth-order valence-electron chi connectivity index (χ4n) is 1.55. The van der Waals surface area contributed by atoms with Crippen LogP contribution in [0.2, 0.25) is 0 Å². The first kappa shape index (κ1) is 14.9. The van der Waals surface area contributed by atoms with Crippen LogP contribution in [0.1, 0.15) is 15.2 Å². The molecule has 0 saturated carbocycles. The number of thiophene rings is 1. The molecule has 6 nitrogen and oxygen atoms in total. The molecule has 0 amide bonds. The molecule has 106 valence electrons. The number of aromatic carboxylic acids is 1. The quantitative estimate of drug-likeness (QED) is 0.854. The molecule has 20 heavy (non-hydrogen) atoms. The Morgan fingerprint density at radius 1 is 1.50 bits per heavy atom. The van der Waals surface area contributed by atoms with Gasteiger partial charge in [0.05, 0.1) is 4.47 Å². The summed E-state index contributed by atoms with van der Waals surface area (Å²) in [5.74, 6) is -1.17. The molecule has 0 fully saturated rings. The Balaban J connectivity index is 2.49. The van der Waals surface area contributed by atoms with E-state index in [0.717, 1.165) is 11.3 Å². The number of pyridine rings is 1. The summed E-state index contributed by atoms with van der Waals surface area (Å²) in [4.78, 5) is 14.5. The highest BCUT2D eigenvalue weighted by molar-refractivity contribution is 9.10. The highest BCUT2D eigenvalue weighted by atomic mass is 79.9. The Bertz CT molecular complexity index is 770. The van der Waals surface area contributed by atoms with Crippen molar-refractivity contribution >= 4 is 49.1 Å². The van der Waals surface area contributed by atoms with Crippen molar-refractivity contribution in [2.75, 3.05) is 4.72 Å². The summed E-state index contributed by atoms with van der Waals surface area (Å²) in [6.45, 7) is 1.55. The number of carbonyl (C=O) groups is 1. The van der Waals surface area contributed by atoms with Crippen LogP contribution in [0.15, 0.2) is 33.1 Å². The smallest absolute Gasteiger partial charge is 0.347 e. The minimum absolute atomic E-state index is 0.106. The molecule has 0 atom stereocenters. The predicted molar refractivity (Wildman–Crippen MR) is 78.8 cm³/mol. The molecular formula is C11H9BrN2O4S2. The molecule has 0 aliphatic rings. The average molecular weight is 377 g/mol. The van der Waals surface area contributed by atoms with Gasteiger partial charge in [-0.15, -0.1) is 11.3 Å². The molecule has 2 N–H and O–H groups in total. The molecule has 0 aromatic carbocycles. The monoisotopic (exact) mass is 376 g/mol. The maximum atomic E-state index is 12.3. The van der Waals surface area contributed by atoms with E-state index >= 15 is 0 Å². The molecule has 2 heterocycles. The van der Waals surface area contributed by atoms with Gasteiger partial charge in [-0.1, -0.05) is 0 Å². The van der Waals surface area contributed by atoms with Crippen LogP contribution in [0, 0.1) is 6.92 Å². The third-order valence-corrected chi connectivity index (χ3v) is 5.75. The molecular weight excluding hydrogens is 368 g/mol. The summed E-state index contributed by atoms with van der Waals surface area (Å²) < 4.78 is 27.4. The molecule has 0 bridgehead atoms. The van der Waals surface area contributed by atoms with Gasteiger partial charge in [-0.2, -0.15) is 0 Å². The number of hydrogen-bond acceptors (Lipinski definition) is 5. The summed E-state index contributed by atoms with van der Waals surface area (Å²) in [5.41, 5.74) is 0.381. The first-order chi connectivity index (χ1) is 9.33. The Morgan fingerprint density at radius 2 is 2.20 bits per heavy atom. The lowest BCUT2D eigenvalue weighted by Crippen LogP contribution is -2.17. The molecule has 0 aliphatic heterocycles. The number of sulfonamides is 1. The molecule has 2 aromatic rings. The van der Waals surface area contributed by atoms with E-state index in [4.69, 9.17) is 5.11 Å². The zero-order valence-corrected chi connectivity index (χ0v) is 13.3. The summed E-state index contributed by atoms with van der Waals surface area (Å²) in [6, 6.07) is 3.27. The largest absolute Gasteiger partial charge is 0.477 e. The highest BCUT2D eigenvalue weighted by Gasteiger charge is 2.27. The number of carboxylic acids is 1. The summed E-state index contributed by atoms with van der Waals surface area (Å²) >= 11 is 4.05. The van der Waals surface area contributed by atoms with E-state index in [9.17, 15) is 13.2 Å². The van der Waals surface area contributed by atoms with Gasteiger partial charge in [0.2, 0.25) is 0 Å². The lowest BCUT2D eigenvalue weighted by Gasteiger charge is -2.09. The minimum Gasteiger partial charge on any atom is -0.477 e. The van der Waals surface area contributed by atoms with E-state index in [1.165, 1.54) is 11.6 Å². The van der Waals surface area contributed by atoms with E-state index in [-0.39, 0.29) is 15.6 Å². The first-order valence-electron chi connectivity index (χ1n) is 5.27. The summed E-state index contributed by atoms with van der Waals surface area (Å²) in [5, 5.41) is 10.5. The van der Waals surface area contributed by atoms with Gasteiger partial charge in [0, 0.05) is 6.20 Å². The van der Waals surface area contributed by atoms with Crippen LogP contribution in [0.4, 0.5) is 5.82 Å². The number of carboxylic acid groups (broad SMARTS) is 1. The van der Waals surface area contributed by atoms with Crippen LogP contribution in [0.25, 0.3) is 0 Å². The highest BCUT2D eigenvalue weighted by Crippen LogP contribution is 2.29. The van der Waals surface area contributed by atoms with E-state index in [0.29, 0.717) is 10.0 Å². The molecule has 2 rings (SSSR count). The lowest BCUT2D eigenvalue weighted by molar-refractivity contribution is 0.0698. The van der Waals surface area contributed by atoms with Crippen LogP contribution in [0.5, 0.6) is 0 Å². The minimum atomic E-state index is -4.01. The molecule has 0 saturated heterocycles. The van der Waals surface area contributed by atoms with Gasteiger partial charge in [-0.05, 0) is 45.9 Å². The zero-order chi connectivity index (χ0) is 14.9. The second-order valence-corrected chi connectivity index (χ2v) is 7.17. The van der Waals surface area contributed by atoms with Crippen molar-refractivity contribution in [2.45, 2.75) is 11.8 Å². The normalized spacial score (nSPS) is 11.3. The molecule has 9 heteroatoms. The fourth-order valence-corrected chi connectivity index (χ4v) is 4.70. The van der Waals surface area contributed by atoms with Crippen molar-refractivity contribution in [3.63, 3.8) is 0 Å². The Morgan fingerprint density at radius 3 is 2.80 bits per heavy atom. The predicted octanol–water partition coefficient (Wildman–Crippen LogP) is 2.71. The van der Waals surface area contributed by atoms with Gasteiger partial charge in [-0.25, -0.2) is 18.2 Å². The van der Waals surface area contributed by atoms with Crippen LogP contribution in [0.3, 0.4) is 0 Å². The molecule has 0 spiro atoms. The van der Waals surface area contributed by atoms with Gasteiger partial charge in [0.25, 0.3) is 10.0 Å². The van der Waals surface area contributed by atoms with Crippen molar-refractivity contribution in [3.05, 3.63) is 38.6 Å². The van der Waals surface area contributed by atoms with Crippen LogP contribution < -0.4 is 4.72 Å². The third kappa shape index (κ3) is 2.84. The van der Waals surface area contributed by atoms with Crippen LogP contribution >= 0.6 is 27.3 Å². The molecule has 0 radical (unpaired) electrons. The maximum Gasteiger partial charge on any atom is 0.347 e. The van der Waals surface area contributed by atoms with Gasteiger partial charge in [0.1, 0.15) is 9.77 Å². The number of aromatic nitrogens is 1. The van der Waals surface area contributed by atoms with Crippen molar-refractivity contribution in [1.82, 2.24) is 4.98 Å². The Hall–Kier alpha value is -1.45. The third-order valence-electron chi connectivity index (χ3n) is 2.37. The Kier molecular flexibility index (Phi) is 4.11. The summed E-state index contributed by atoms with van der Waals surface area (Å²) in [7, 11) is -4.01. The fraction of sp³-hybridized carbons (Fsp3) is 0.0909. The topological polar surface area (TPSA) is 96.4 Å². The van der Waals surface area contributed by atoms with E-state index < -0.39 is 16.0 Å². The van der Waals surface area contributed by atoms with Gasteiger partial charge in [0.15, 0.2) is 5.82 Å². The molecule has 0 aliphatic carbocycles. The zero-order valence-electron chi connectivity index (χ0n) is 10.1. The number of halogens is 1. The van der Waals surface area contributed by atoms with Gasteiger partial charge >= 0.3 is 5.97 Å². The first-order valence-corrected chi connectivity index (χ1v) is 8.43. The van der Waals surface area contributed by atoms with Crippen LogP contribution in [-0.2, 0) is 10.0 Å². The number of hydrogen-bond donors (Lipinski definition) is 2. The van der Waals surface area contributed by atoms with Crippen molar-refractivity contribution in [3.8, 4) is 0 Å². The molecule has 2 aromatic heterocycles.